The summed E-state index contributed by atoms with van der Waals surface area (Å²) in [7, 11) is 0. The Morgan fingerprint density at radius 2 is 1.52 bits per heavy atom. The molecule has 5 rings (SSSR count). The second-order valence-corrected chi connectivity index (χ2v) is 14.3. The van der Waals surface area contributed by atoms with Crippen LogP contribution in [0, 0.1) is 29.1 Å². The summed E-state index contributed by atoms with van der Waals surface area (Å²) in [6.45, 7) is 7.06. The van der Waals surface area contributed by atoms with Crippen molar-refractivity contribution in [3.05, 3.63) is 35.9 Å². The molecule has 4 aliphatic carbocycles. The lowest BCUT2D eigenvalue weighted by Gasteiger charge is -2.56. The lowest BCUT2D eigenvalue weighted by Crippen LogP contribution is -2.75. The van der Waals surface area contributed by atoms with Crippen LogP contribution in [0.3, 0.4) is 0 Å². The molecule has 48 heavy (non-hydrogen) atoms. The van der Waals surface area contributed by atoms with Crippen LogP contribution in [0.4, 0.5) is 0 Å². The molecule has 1 aromatic carbocycles. The van der Waals surface area contributed by atoms with Crippen molar-refractivity contribution in [3.8, 4) is 0 Å². The predicted octanol–water partition coefficient (Wildman–Crippen LogP) is 1.05. The number of hydrogen-bond acceptors (Lipinski definition) is 14. The number of aliphatic hydroxyl groups is 3. The van der Waals surface area contributed by atoms with Gasteiger partial charge in [0.05, 0.1) is 11.5 Å². The second kappa shape index (κ2) is 12.2. The summed E-state index contributed by atoms with van der Waals surface area (Å²) >= 11 is 0. The normalized spacial score (nSPS) is 39.2. The molecule has 0 radical (unpaired) electrons. The molecule has 4 saturated carbocycles. The molecular weight excluding hydrogens is 632 g/mol. The van der Waals surface area contributed by atoms with Gasteiger partial charge in [0.2, 0.25) is 0 Å². The highest BCUT2D eigenvalue weighted by Crippen LogP contribution is 2.65. The first-order valence-corrected chi connectivity index (χ1v) is 15.9. The summed E-state index contributed by atoms with van der Waals surface area (Å²) in [5, 5.41) is 37.9. The Bertz CT molecular complexity index is 1510. The van der Waals surface area contributed by atoms with Gasteiger partial charge < -0.3 is 39.0 Å². The van der Waals surface area contributed by atoms with Gasteiger partial charge in [-0.2, -0.15) is 0 Å². The SMILES string of the molecule is CC(=O)OCC(=O)O[C@@H]1[C@H]2[C@@H](OC(=O)c3ccccc3)[C@@H](C)C[C@]2(O)[C@H](O)[C@]2(O)[C@H](OC(C)=O)[C@@]1(OC(C)=O)C[C@H]1C(=O)C(C)(C)C[C@@H]12. The maximum absolute atomic E-state index is 13.9. The van der Waals surface area contributed by atoms with E-state index >= 15 is 0 Å². The Morgan fingerprint density at radius 1 is 0.875 bits per heavy atom. The fourth-order valence-corrected chi connectivity index (χ4v) is 8.93. The minimum absolute atomic E-state index is 0.00238. The smallest absolute Gasteiger partial charge is 0.344 e. The van der Waals surface area contributed by atoms with Crippen LogP contribution in [0.25, 0.3) is 0 Å². The molecule has 4 fully saturated rings. The van der Waals surface area contributed by atoms with Crippen molar-refractivity contribution < 1.29 is 67.8 Å². The molecule has 0 spiro atoms. The third-order valence-corrected chi connectivity index (χ3v) is 10.6. The van der Waals surface area contributed by atoms with Gasteiger partial charge in [-0.05, 0) is 30.9 Å². The number of carbonyl (C=O) groups is 6. The van der Waals surface area contributed by atoms with Crippen LogP contribution in [-0.2, 0) is 47.7 Å². The van der Waals surface area contributed by atoms with Gasteiger partial charge in [0, 0.05) is 44.4 Å². The van der Waals surface area contributed by atoms with E-state index in [1.54, 1.807) is 39.0 Å². The van der Waals surface area contributed by atoms with E-state index in [0.29, 0.717) is 0 Å². The first-order chi connectivity index (χ1) is 22.3. The molecule has 0 heterocycles. The summed E-state index contributed by atoms with van der Waals surface area (Å²) in [6, 6.07) is 7.89. The van der Waals surface area contributed by atoms with Gasteiger partial charge in [-0.15, -0.1) is 0 Å². The van der Waals surface area contributed by atoms with Gasteiger partial charge in [-0.25, -0.2) is 9.59 Å². The number of ether oxygens (including phenoxy) is 5. The average molecular weight is 675 g/mol. The zero-order valence-electron chi connectivity index (χ0n) is 27.7. The molecule has 14 heteroatoms. The summed E-state index contributed by atoms with van der Waals surface area (Å²) in [6.07, 6.45) is -8.29. The standard InChI is InChI=1S/C34H42O14/c1-16-12-32(42)24(25(16)47-28(40)20-10-8-7-9-11-20)27(46-23(38)15-44-17(2)35)33(48-19(4)37)13-21-22(14-31(5,6)26(21)39)34(43,29(32)41)30(33)45-18(3)36/h7-11,16,21-22,24-25,27,29-30,41-43H,12-15H2,1-6H3/t16-,21+,22-,24+,25-,27+,29-,30+,32+,33+,34-/m0/s1. The number of benzene rings is 1. The molecule has 4 aliphatic rings. The van der Waals surface area contributed by atoms with Crippen molar-refractivity contribution in [3.63, 3.8) is 0 Å². The lowest BCUT2D eigenvalue weighted by molar-refractivity contribution is -0.293. The zero-order valence-corrected chi connectivity index (χ0v) is 27.7. The molecule has 3 N–H and O–H groups in total. The summed E-state index contributed by atoms with van der Waals surface area (Å²) in [5.74, 6) is -9.83. The third-order valence-electron chi connectivity index (χ3n) is 10.6. The van der Waals surface area contributed by atoms with Gasteiger partial charge in [0.15, 0.2) is 24.4 Å². The van der Waals surface area contributed by atoms with Gasteiger partial charge in [0.1, 0.15) is 29.2 Å². The van der Waals surface area contributed by atoms with Crippen molar-refractivity contribution in [1.82, 2.24) is 0 Å². The highest BCUT2D eigenvalue weighted by atomic mass is 16.6. The van der Waals surface area contributed by atoms with Gasteiger partial charge in [0.25, 0.3) is 0 Å². The Balaban J connectivity index is 1.78. The first-order valence-electron chi connectivity index (χ1n) is 15.9. The quantitative estimate of drug-likeness (QED) is 0.273. The second-order valence-electron chi connectivity index (χ2n) is 14.3. The summed E-state index contributed by atoms with van der Waals surface area (Å²) in [5.41, 5.74) is -8.45. The zero-order chi connectivity index (χ0) is 35.6. The molecule has 0 aromatic heterocycles. The number of fused-ring (bicyclic) bond motifs is 5. The molecule has 262 valence electrons. The number of aliphatic hydroxyl groups excluding tert-OH is 1. The molecule has 2 bridgehead atoms. The maximum atomic E-state index is 13.9. The first kappa shape index (κ1) is 35.4. The molecule has 0 unspecified atom stereocenters. The number of esters is 5. The van der Waals surface area contributed by atoms with Crippen LogP contribution in [0.15, 0.2) is 30.3 Å². The number of Topliss-reactive ketones (excluding diaryl/α,β-unsaturated/α-hetero) is 1. The highest BCUT2D eigenvalue weighted by Gasteiger charge is 2.82. The molecular formula is C34H42O14. The molecule has 14 nitrogen and oxygen atoms in total. The van der Waals surface area contributed by atoms with Gasteiger partial charge in [-0.1, -0.05) is 39.0 Å². The van der Waals surface area contributed by atoms with Crippen LogP contribution < -0.4 is 0 Å². The van der Waals surface area contributed by atoms with E-state index in [1.165, 1.54) is 12.1 Å². The largest absolute Gasteiger partial charge is 0.458 e. The fourth-order valence-electron chi connectivity index (χ4n) is 8.93. The van der Waals surface area contributed by atoms with Crippen LogP contribution in [0.5, 0.6) is 0 Å². The van der Waals surface area contributed by atoms with Crippen molar-refractivity contribution in [2.24, 2.45) is 29.1 Å². The van der Waals surface area contributed by atoms with Crippen molar-refractivity contribution in [2.75, 3.05) is 6.61 Å². The Kier molecular flexibility index (Phi) is 9.02. The monoisotopic (exact) mass is 674 g/mol. The van der Waals surface area contributed by atoms with E-state index in [0.717, 1.165) is 20.8 Å². The van der Waals surface area contributed by atoms with E-state index in [2.05, 4.69) is 0 Å². The minimum Gasteiger partial charge on any atom is -0.458 e. The van der Waals surface area contributed by atoms with Gasteiger partial charge >= 0.3 is 29.8 Å². The maximum Gasteiger partial charge on any atom is 0.344 e. The van der Waals surface area contributed by atoms with E-state index < -0.39 is 113 Å². The number of carbonyl (C=O) groups excluding carboxylic acids is 6. The average Bonchev–Trinajstić information content (AvgIpc) is 3.38. The van der Waals surface area contributed by atoms with E-state index in [-0.39, 0.29) is 24.2 Å². The van der Waals surface area contributed by atoms with Crippen molar-refractivity contribution in [2.45, 2.75) is 102 Å². The predicted molar refractivity (Wildman–Crippen MR) is 160 cm³/mol. The molecule has 0 saturated heterocycles. The molecule has 11 atom stereocenters. The van der Waals surface area contributed by atoms with Crippen molar-refractivity contribution in [1.29, 1.82) is 0 Å². The van der Waals surface area contributed by atoms with Crippen LogP contribution in [0.2, 0.25) is 0 Å². The van der Waals surface area contributed by atoms with E-state index in [4.69, 9.17) is 23.7 Å². The van der Waals surface area contributed by atoms with E-state index in [9.17, 15) is 44.1 Å². The topological polar surface area (TPSA) is 209 Å². The third kappa shape index (κ3) is 5.57. The van der Waals surface area contributed by atoms with Gasteiger partial charge in [-0.3, -0.25) is 19.2 Å². The number of rotatable bonds is 7. The fraction of sp³-hybridized carbons (Fsp3) is 0.647. The van der Waals surface area contributed by atoms with E-state index in [1.807, 2.05) is 0 Å². The summed E-state index contributed by atoms with van der Waals surface area (Å²) < 4.78 is 28.4. The Hall–Kier alpha value is -3.88. The Labute approximate surface area is 277 Å². The number of hydrogen-bond donors (Lipinski definition) is 3. The van der Waals surface area contributed by atoms with Crippen LogP contribution >= 0.6 is 0 Å². The van der Waals surface area contributed by atoms with Crippen molar-refractivity contribution >= 4 is 35.6 Å². The molecule has 1 aromatic rings. The summed E-state index contributed by atoms with van der Waals surface area (Å²) in [4.78, 5) is 78.1. The highest BCUT2D eigenvalue weighted by molar-refractivity contribution is 5.90. The minimum atomic E-state index is -2.66. The molecule has 0 amide bonds. The molecule has 0 aliphatic heterocycles. The lowest BCUT2D eigenvalue weighted by atomic mass is 9.59. The van der Waals surface area contributed by atoms with Crippen LogP contribution in [0.1, 0.15) is 71.2 Å². The Morgan fingerprint density at radius 3 is 2.10 bits per heavy atom. The number of ketones is 1. The van der Waals surface area contributed by atoms with Crippen LogP contribution in [-0.4, -0.2) is 98.8 Å².